The van der Waals surface area contributed by atoms with Gasteiger partial charge in [-0.15, -0.1) is 12.4 Å². The van der Waals surface area contributed by atoms with Gasteiger partial charge in [-0.25, -0.2) is 13.1 Å². The molecule has 0 aliphatic carbocycles. The van der Waals surface area contributed by atoms with E-state index in [1.807, 2.05) is 0 Å². The molecule has 1 saturated heterocycles. The van der Waals surface area contributed by atoms with Crippen LogP contribution in [0.1, 0.15) is 40.0 Å². The number of amides is 1. The SMILES string of the molecule is CC(C)(C)NS(=O)(=O)c1cccc(NC(=O)CCC2CCNC2)c1.Cl. The smallest absolute Gasteiger partial charge is 0.241 e. The number of halogens is 1. The van der Waals surface area contributed by atoms with E-state index in [9.17, 15) is 13.2 Å². The van der Waals surface area contributed by atoms with Gasteiger partial charge in [-0.3, -0.25) is 4.79 Å². The minimum atomic E-state index is -3.61. The number of carbonyl (C=O) groups excluding carboxylic acids is 1. The first-order valence-corrected chi connectivity index (χ1v) is 9.79. The second kappa shape index (κ2) is 8.98. The fraction of sp³-hybridized carbons (Fsp3) is 0.588. The Balaban J connectivity index is 0.00000312. The predicted octanol–water partition coefficient (Wildman–Crippen LogP) is 2.51. The van der Waals surface area contributed by atoms with Crippen LogP contribution >= 0.6 is 12.4 Å². The minimum absolute atomic E-state index is 0. The third-order valence-electron chi connectivity index (χ3n) is 3.81. The lowest BCUT2D eigenvalue weighted by molar-refractivity contribution is -0.116. The molecule has 1 fully saturated rings. The molecule has 1 unspecified atom stereocenters. The summed E-state index contributed by atoms with van der Waals surface area (Å²) in [4.78, 5) is 12.2. The monoisotopic (exact) mass is 389 g/mol. The molecule has 0 aromatic heterocycles. The van der Waals surface area contributed by atoms with Gasteiger partial charge in [0, 0.05) is 17.6 Å². The van der Waals surface area contributed by atoms with Crippen molar-refractivity contribution >= 4 is 34.0 Å². The first-order valence-electron chi connectivity index (χ1n) is 8.30. The molecule has 1 aromatic rings. The van der Waals surface area contributed by atoms with Crippen LogP contribution in [0.3, 0.4) is 0 Å². The van der Waals surface area contributed by atoms with Crippen molar-refractivity contribution in [3.05, 3.63) is 24.3 Å². The zero-order valence-electron chi connectivity index (χ0n) is 15.0. The van der Waals surface area contributed by atoms with E-state index in [2.05, 4.69) is 15.4 Å². The van der Waals surface area contributed by atoms with Gasteiger partial charge < -0.3 is 10.6 Å². The maximum atomic E-state index is 12.4. The second-order valence-corrected chi connectivity index (χ2v) is 9.01. The third kappa shape index (κ3) is 7.32. The number of sulfonamides is 1. The lowest BCUT2D eigenvalue weighted by Gasteiger charge is -2.20. The minimum Gasteiger partial charge on any atom is -0.326 e. The van der Waals surface area contributed by atoms with Crippen LogP contribution in [0, 0.1) is 5.92 Å². The van der Waals surface area contributed by atoms with Gasteiger partial charge in [-0.05, 0) is 70.8 Å². The summed E-state index contributed by atoms with van der Waals surface area (Å²) in [6, 6.07) is 6.34. The third-order valence-corrected chi connectivity index (χ3v) is 5.57. The van der Waals surface area contributed by atoms with E-state index in [-0.39, 0.29) is 23.2 Å². The highest BCUT2D eigenvalue weighted by Crippen LogP contribution is 2.19. The molecular weight excluding hydrogens is 362 g/mol. The average molecular weight is 390 g/mol. The van der Waals surface area contributed by atoms with Gasteiger partial charge in [0.25, 0.3) is 0 Å². The summed E-state index contributed by atoms with van der Waals surface area (Å²) in [5.41, 5.74) is -0.0609. The molecule has 25 heavy (non-hydrogen) atoms. The summed E-state index contributed by atoms with van der Waals surface area (Å²) < 4.78 is 27.3. The second-order valence-electron chi connectivity index (χ2n) is 7.33. The number of carbonyl (C=O) groups is 1. The zero-order valence-corrected chi connectivity index (χ0v) is 16.6. The van der Waals surface area contributed by atoms with Gasteiger partial charge >= 0.3 is 0 Å². The van der Waals surface area contributed by atoms with E-state index in [0.717, 1.165) is 25.9 Å². The quantitative estimate of drug-likeness (QED) is 0.697. The van der Waals surface area contributed by atoms with E-state index in [1.54, 1.807) is 32.9 Å². The van der Waals surface area contributed by atoms with Gasteiger partial charge in [-0.2, -0.15) is 0 Å². The van der Waals surface area contributed by atoms with Crippen LogP contribution in [-0.2, 0) is 14.8 Å². The normalized spacial score (nSPS) is 17.8. The first kappa shape index (κ1) is 21.9. The van der Waals surface area contributed by atoms with Crippen molar-refractivity contribution in [3.8, 4) is 0 Å². The molecule has 1 aliphatic rings. The van der Waals surface area contributed by atoms with E-state index >= 15 is 0 Å². The Morgan fingerprint density at radius 3 is 2.64 bits per heavy atom. The highest BCUT2D eigenvalue weighted by Gasteiger charge is 2.22. The van der Waals surface area contributed by atoms with Gasteiger partial charge in [0.15, 0.2) is 0 Å². The molecule has 1 aliphatic heterocycles. The fourth-order valence-corrected chi connectivity index (χ4v) is 4.19. The molecular formula is C17H28ClN3O3S. The van der Waals surface area contributed by atoms with Crippen molar-refractivity contribution < 1.29 is 13.2 Å². The maximum Gasteiger partial charge on any atom is 0.241 e. The average Bonchev–Trinajstić information content (AvgIpc) is 2.96. The molecule has 1 amide bonds. The molecule has 0 saturated carbocycles. The molecule has 1 heterocycles. The van der Waals surface area contributed by atoms with Gasteiger partial charge in [0.1, 0.15) is 0 Å². The lowest BCUT2D eigenvalue weighted by Crippen LogP contribution is -2.40. The highest BCUT2D eigenvalue weighted by atomic mass is 35.5. The molecule has 0 bridgehead atoms. The molecule has 1 aromatic carbocycles. The molecule has 142 valence electrons. The molecule has 6 nitrogen and oxygen atoms in total. The summed E-state index contributed by atoms with van der Waals surface area (Å²) in [6.07, 6.45) is 2.41. The maximum absolute atomic E-state index is 12.4. The van der Waals surface area contributed by atoms with Crippen molar-refractivity contribution in [1.82, 2.24) is 10.0 Å². The van der Waals surface area contributed by atoms with Crippen LogP contribution in [0.2, 0.25) is 0 Å². The van der Waals surface area contributed by atoms with E-state index < -0.39 is 15.6 Å². The summed E-state index contributed by atoms with van der Waals surface area (Å²) in [6.45, 7) is 7.35. The van der Waals surface area contributed by atoms with Crippen LogP contribution in [-0.4, -0.2) is 33.0 Å². The van der Waals surface area contributed by atoms with E-state index in [0.29, 0.717) is 18.0 Å². The van der Waals surface area contributed by atoms with Crippen LogP contribution in [0.15, 0.2) is 29.2 Å². The van der Waals surface area contributed by atoms with Crippen molar-refractivity contribution in [2.24, 2.45) is 5.92 Å². The van der Waals surface area contributed by atoms with Crippen LogP contribution in [0.25, 0.3) is 0 Å². The highest BCUT2D eigenvalue weighted by molar-refractivity contribution is 7.89. The van der Waals surface area contributed by atoms with E-state index in [4.69, 9.17) is 0 Å². The van der Waals surface area contributed by atoms with Crippen molar-refractivity contribution in [1.29, 1.82) is 0 Å². The summed E-state index contributed by atoms with van der Waals surface area (Å²) in [5.74, 6) is 0.471. The number of anilines is 1. The Bertz CT molecular complexity index is 681. The van der Waals surface area contributed by atoms with Gasteiger partial charge in [0.05, 0.1) is 4.90 Å². The molecule has 2 rings (SSSR count). The Morgan fingerprint density at radius 1 is 1.32 bits per heavy atom. The number of hydrogen-bond donors (Lipinski definition) is 3. The number of nitrogens with one attached hydrogen (secondary N) is 3. The van der Waals surface area contributed by atoms with Crippen molar-refractivity contribution in [2.75, 3.05) is 18.4 Å². The largest absolute Gasteiger partial charge is 0.326 e. The van der Waals surface area contributed by atoms with E-state index in [1.165, 1.54) is 12.1 Å². The summed E-state index contributed by atoms with van der Waals surface area (Å²) in [7, 11) is -3.61. The topological polar surface area (TPSA) is 87.3 Å². The van der Waals surface area contributed by atoms with Crippen LogP contribution in [0.4, 0.5) is 5.69 Å². The van der Waals surface area contributed by atoms with Gasteiger partial charge in [0.2, 0.25) is 15.9 Å². The summed E-state index contributed by atoms with van der Waals surface area (Å²) >= 11 is 0. The lowest BCUT2D eigenvalue weighted by atomic mass is 10.0. The van der Waals surface area contributed by atoms with Crippen molar-refractivity contribution in [2.45, 2.75) is 50.5 Å². The Morgan fingerprint density at radius 2 is 2.04 bits per heavy atom. The predicted molar refractivity (Wildman–Crippen MR) is 103 cm³/mol. The number of rotatable bonds is 6. The molecule has 8 heteroatoms. The Kier molecular flexibility index (Phi) is 7.87. The van der Waals surface area contributed by atoms with Crippen LogP contribution in [0.5, 0.6) is 0 Å². The molecule has 0 spiro atoms. The molecule has 3 N–H and O–H groups in total. The Hall–Kier alpha value is -1.15. The number of benzene rings is 1. The summed E-state index contributed by atoms with van der Waals surface area (Å²) in [5, 5.41) is 6.07. The van der Waals surface area contributed by atoms with Gasteiger partial charge in [-0.1, -0.05) is 6.07 Å². The fourth-order valence-electron chi connectivity index (χ4n) is 2.72. The van der Waals surface area contributed by atoms with Crippen molar-refractivity contribution in [3.63, 3.8) is 0 Å². The molecule has 0 radical (unpaired) electrons. The standard InChI is InChI=1S/C17H27N3O3S.ClH/c1-17(2,3)20-24(22,23)15-6-4-5-14(11-15)19-16(21)8-7-13-9-10-18-12-13;/h4-6,11,13,18,20H,7-10,12H2,1-3H3,(H,19,21);1H. The molecule has 1 atom stereocenters. The zero-order chi connectivity index (χ0) is 17.8. The number of hydrogen-bond acceptors (Lipinski definition) is 4. The van der Waals surface area contributed by atoms with Crippen LogP contribution < -0.4 is 15.4 Å². The Labute approximate surface area is 156 Å². The first-order chi connectivity index (χ1) is 11.2.